The van der Waals surface area contributed by atoms with Gasteiger partial charge in [0.15, 0.2) is 5.69 Å². The van der Waals surface area contributed by atoms with Crippen molar-refractivity contribution in [3.63, 3.8) is 0 Å². The quantitative estimate of drug-likeness (QED) is 0.790. The van der Waals surface area contributed by atoms with Crippen LogP contribution in [0.3, 0.4) is 0 Å². The molecule has 116 valence electrons. The third kappa shape index (κ3) is 2.75. The number of aromatic carboxylic acids is 1. The average Bonchev–Trinajstić information content (AvgIpc) is 2.92. The molecule has 4 nitrogen and oxygen atoms in total. The van der Waals surface area contributed by atoms with Gasteiger partial charge in [-0.3, -0.25) is 0 Å². The zero-order valence-electron chi connectivity index (χ0n) is 13.4. The molecule has 1 heterocycles. The molecule has 0 atom stereocenters. The Balaban J connectivity index is 2.28. The number of carboxylic acid groups (broad SMARTS) is 1. The molecule has 0 saturated carbocycles. The first-order chi connectivity index (χ1) is 11.0. The molecule has 0 spiro atoms. The van der Waals surface area contributed by atoms with E-state index < -0.39 is 5.97 Å². The van der Waals surface area contributed by atoms with Crippen LogP contribution in [0, 0.1) is 20.8 Å². The van der Waals surface area contributed by atoms with Crippen LogP contribution < -0.4 is 0 Å². The molecule has 0 radical (unpaired) electrons. The third-order valence-electron chi connectivity index (χ3n) is 3.93. The van der Waals surface area contributed by atoms with Crippen molar-refractivity contribution in [3.8, 4) is 16.9 Å². The Morgan fingerprint density at radius 3 is 2.39 bits per heavy atom. The minimum atomic E-state index is -1.02. The van der Waals surface area contributed by atoms with E-state index in [1.807, 2.05) is 57.2 Å². The third-order valence-corrected chi connectivity index (χ3v) is 3.93. The van der Waals surface area contributed by atoms with Crippen LogP contribution in [0.15, 0.2) is 48.5 Å². The predicted molar refractivity (Wildman–Crippen MR) is 90.2 cm³/mol. The zero-order valence-corrected chi connectivity index (χ0v) is 13.4. The van der Waals surface area contributed by atoms with Gasteiger partial charge in [-0.05, 0) is 44.0 Å². The number of para-hydroxylation sites is 1. The lowest BCUT2D eigenvalue weighted by atomic mass is 10.0. The highest BCUT2D eigenvalue weighted by Crippen LogP contribution is 2.28. The van der Waals surface area contributed by atoms with Crippen LogP contribution >= 0.6 is 0 Å². The van der Waals surface area contributed by atoms with Gasteiger partial charge in [0.05, 0.1) is 11.4 Å². The Kier molecular flexibility index (Phi) is 3.74. The van der Waals surface area contributed by atoms with Crippen LogP contribution in [0.1, 0.15) is 27.2 Å². The van der Waals surface area contributed by atoms with E-state index >= 15 is 0 Å². The first kappa shape index (κ1) is 15.0. The second kappa shape index (κ2) is 5.72. The van der Waals surface area contributed by atoms with Gasteiger partial charge < -0.3 is 5.11 Å². The smallest absolute Gasteiger partial charge is 0.356 e. The topological polar surface area (TPSA) is 55.1 Å². The van der Waals surface area contributed by atoms with Crippen molar-refractivity contribution < 1.29 is 9.90 Å². The van der Waals surface area contributed by atoms with E-state index in [0.29, 0.717) is 0 Å². The maximum Gasteiger partial charge on any atom is 0.356 e. The molecule has 0 aliphatic rings. The maximum absolute atomic E-state index is 11.4. The lowest BCUT2D eigenvalue weighted by Crippen LogP contribution is -2.04. The molecule has 3 aromatic rings. The predicted octanol–water partition coefficient (Wildman–Crippen LogP) is 4.16. The van der Waals surface area contributed by atoms with E-state index in [4.69, 9.17) is 0 Å². The Hall–Kier alpha value is -2.88. The lowest BCUT2D eigenvalue weighted by molar-refractivity contribution is 0.0690. The van der Waals surface area contributed by atoms with E-state index in [2.05, 4.69) is 11.2 Å². The fourth-order valence-electron chi connectivity index (χ4n) is 2.76. The van der Waals surface area contributed by atoms with Gasteiger partial charge in [0, 0.05) is 5.56 Å². The van der Waals surface area contributed by atoms with E-state index in [9.17, 15) is 9.90 Å². The summed E-state index contributed by atoms with van der Waals surface area (Å²) in [6.45, 7) is 6.05. The number of aromatic nitrogens is 2. The number of hydrogen-bond donors (Lipinski definition) is 1. The highest BCUT2D eigenvalue weighted by Gasteiger charge is 2.18. The van der Waals surface area contributed by atoms with Crippen LogP contribution in [-0.4, -0.2) is 20.9 Å². The minimum Gasteiger partial charge on any atom is -0.476 e. The normalized spacial score (nSPS) is 10.7. The standard InChI is InChI=1S/C19H18N2O2/c1-12-8-9-15(14(3)10-12)18-11-16(19(22)23)20-21(18)17-7-5-4-6-13(17)2/h4-11H,1-3H3,(H,22,23). The Bertz CT molecular complexity index is 894. The van der Waals surface area contributed by atoms with Gasteiger partial charge in [-0.2, -0.15) is 5.10 Å². The molecule has 1 N–H and O–H groups in total. The van der Waals surface area contributed by atoms with Gasteiger partial charge in [0.25, 0.3) is 0 Å². The van der Waals surface area contributed by atoms with Crippen molar-refractivity contribution in [2.24, 2.45) is 0 Å². The summed E-state index contributed by atoms with van der Waals surface area (Å²) in [5.74, 6) is -1.02. The number of aryl methyl sites for hydroxylation is 3. The number of hydrogen-bond acceptors (Lipinski definition) is 2. The number of carboxylic acids is 1. The van der Waals surface area contributed by atoms with E-state index in [1.54, 1.807) is 10.7 Å². The SMILES string of the molecule is Cc1ccc(-c2cc(C(=O)O)nn2-c2ccccc2C)c(C)c1. The summed E-state index contributed by atoms with van der Waals surface area (Å²) in [7, 11) is 0. The molecule has 0 aliphatic carbocycles. The lowest BCUT2D eigenvalue weighted by Gasteiger charge is -2.12. The second-order valence-corrected chi connectivity index (χ2v) is 5.74. The fraction of sp³-hybridized carbons (Fsp3) is 0.158. The average molecular weight is 306 g/mol. The molecule has 3 rings (SSSR count). The van der Waals surface area contributed by atoms with Crippen molar-refractivity contribution in [3.05, 3.63) is 70.9 Å². The van der Waals surface area contributed by atoms with Gasteiger partial charge in [-0.1, -0.05) is 42.0 Å². The van der Waals surface area contributed by atoms with Crippen LogP contribution in [0.4, 0.5) is 0 Å². The molecular weight excluding hydrogens is 288 g/mol. The summed E-state index contributed by atoms with van der Waals surface area (Å²) in [5.41, 5.74) is 6.01. The summed E-state index contributed by atoms with van der Waals surface area (Å²) >= 11 is 0. The summed E-state index contributed by atoms with van der Waals surface area (Å²) in [6.07, 6.45) is 0. The van der Waals surface area contributed by atoms with Gasteiger partial charge in [-0.25, -0.2) is 9.48 Å². The van der Waals surface area contributed by atoms with E-state index in [0.717, 1.165) is 28.1 Å². The Labute approximate surface area is 135 Å². The van der Waals surface area contributed by atoms with E-state index in [-0.39, 0.29) is 5.69 Å². The second-order valence-electron chi connectivity index (χ2n) is 5.74. The molecule has 0 aliphatic heterocycles. The summed E-state index contributed by atoms with van der Waals surface area (Å²) in [6, 6.07) is 15.6. The summed E-state index contributed by atoms with van der Waals surface area (Å²) in [4.78, 5) is 11.4. The number of nitrogens with zero attached hydrogens (tertiary/aromatic N) is 2. The van der Waals surface area contributed by atoms with Crippen molar-refractivity contribution in [2.75, 3.05) is 0 Å². The maximum atomic E-state index is 11.4. The van der Waals surface area contributed by atoms with Gasteiger partial charge in [0.2, 0.25) is 0 Å². The number of benzene rings is 2. The Morgan fingerprint density at radius 1 is 1.00 bits per heavy atom. The minimum absolute atomic E-state index is 0.0447. The molecule has 0 amide bonds. The highest BCUT2D eigenvalue weighted by atomic mass is 16.4. The molecule has 0 fully saturated rings. The van der Waals surface area contributed by atoms with E-state index in [1.165, 1.54) is 5.56 Å². The molecular formula is C19H18N2O2. The van der Waals surface area contributed by atoms with Crippen LogP contribution in [0.5, 0.6) is 0 Å². The molecule has 1 aromatic heterocycles. The van der Waals surface area contributed by atoms with Crippen molar-refractivity contribution in [1.82, 2.24) is 9.78 Å². The van der Waals surface area contributed by atoms with Crippen molar-refractivity contribution in [1.29, 1.82) is 0 Å². The molecule has 0 saturated heterocycles. The molecule has 0 unspecified atom stereocenters. The van der Waals surface area contributed by atoms with Gasteiger partial charge in [0.1, 0.15) is 0 Å². The fourth-order valence-corrected chi connectivity index (χ4v) is 2.76. The van der Waals surface area contributed by atoms with Crippen LogP contribution in [-0.2, 0) is 0 Å². The Morgan fingerprint density at radius 2 is 1.74 bits per heavy atom. The van der Waals surface area contributed by atoms with Gasteiger partial charge in [-0.15, -0.1) is 0 Å². The van der Waals surface area contributed by atoms with Crippen molar-refractivity contribution in [2.45, 2.75) is 20.8 Å². The molecule has 2 aromatic carbocycles. The van der Waals surface area contributed by atoms with Crippen LogP contribution in [0.25, 0.3) is 16.9 Å². The molecule has 0 bridgehead atoms. The molecule has 23 heavy (non-hydrogen) atoms. The number of rotatable bonds is 3. The zero-order chi connectivity index (χ0) is 16.6. The summed E-state index contributed by atoms with van der Waals surface area (Å²) in [5, 5.41) is 13.6. The van der Waals surface area contributed by atoms with Crippen molar-refractivity contribution >= 4 is 5.97 Å². The first-order valence-electron chi connectivity index (χ1n) is 7.44. The largest absolute Gasteiger partial charge is 0.476 e. The number of carbonyl (C=O) groups is 1. The van der Waals surface area contributed by atoms with Crippen LogP contribution in [0.2, 0.25) is 0 Å². The van der Waals surface area contributed by atoms with Gasteiger partial charge >= 0.3 is 5.97 Å². The first-order valence-corrected chi connectivity index (χ1v) is 7.44. The molecule has 4 heteroatoms. The summed E-state index contributed by atoms with van der Waals surface area (Å²) < 4.78 is 1.72. The monoisotopic (exact) mass is 306 g/mol. The highest BCUT2D eigenvalue weighted by molar-refractivity contribution is 5.87.